The molecule has 0 saturated heterocycles. The van der Waals surface area contributed by atoms with Gasteiger partial charge in [0, 0.05) is 23.5 Å². The van der Waals surface area contributed by atoms with E-state index >= 15 is 0 Å². The predicted octanol–water partition coefficient (Wildman–Crippen LogP) is 4.58. The summed E-state index contributed by atoms with van der Waals surface area (Å²) in [6.45, 7) is 5.11. The maximum Gasteiger partial charge on any atom is 0.237 e. The summed E-state index contributed by atoms with van der Waals surface area (Å²) in [6, 6.07) is 1.63. The number of nitrogens with one attached hydrogen (secondary N) is 2. The predicted molar refractivity (Wildman–Crippen MR) is 138 cm³/mol. The van der Waals surface area contributed by atoms with Gasteiger partial charge < -0.3 is 16.4 Å². The molecule has 4 N–H and O–H groups in total. The maximum absolute atomic E-state index is 12.7. The first-order chi connectivity index (χ1) is 16.0. The fourth-order valence-corrected chi connectivity index (χ4v) is 6.03. The number of anilines is 1. The first-order valence-corrected chi connectivity index (χ1v) is 12.8. The zero-order valence-electron chi connectivity index (χ0n) is 19.3. The van der Waals surface area contributed by atoms with Gasteiger partial charge in [0.05, 0.1) is 28.0 Å². The van der Waals surface area contributed by atoms with E-state index in [1.54, 1.807) is 11.3 Å². The summed E-state index contributed by atoms with van der Waals surface area (Å²) in [6.07, 6.45) is 18.3. The molecule has 0 spiro atoms. The van der Waals surface area contributed by atoms with Gasteiger partial charge in [-0.1, -0.05) is 49.5 Å². The number of nitrogens with zero attached hydrogens (tertiary/aromatic N) is 1. The van der Waals surface area contributed by atoms with Crippen LogP contribution < -0.4 is 16.4 Å². The maximum atomic E-state index is 12.7. The van der Waals surface area contributed by atoms with Gasteiger partial charge in [-0.2, -0.15) is 0 Å². The van der Waals surface area contributed by atoms with Gasteiger partial charge in [0.25, 0.3) is 0 Å². The molecule has 0 bridgehead atoms. The van der Waals surface area contributed by atoms with Gasteiger partial charge >= 0.3 is 0 Å². The van der Waals surface area contributed by atoms with E-state index in [1.807, 2.05) is 18.2 Å². The highest BCUT2D eigenvalue weighted by Gasteiger charge is 2.38. The number of aromatic nitrogens is 1. The Hall–Kier alpha value is -2.70. The average Bonchev–Trinajstić information content (AvgIpc) is 3.57. The number of allylic oxidation sites excluding steroid dienone is 5. The Kier molecular flexibility index (Phi) is 6.21. The number of carbonyl (C=O) groups is 1. The number of amides is 1. The van der Waals surface area contributed by atoms with E-state index in [0.29, 0.717) is 6.42 Å². The molecule has 6 heteroatoms. The zero-order chi connectivity index (χ0) is 22.9. The second-order valence-corrected chi connectivity index (χ2v) is 10.4. The van der Waals surface area contributed by atoms with Crippen molar-refractivity contribution in [2.75, 3.05) is 11.9 Å². The van der Waals surface area contributed by atoms with Gasteiger partial charge in [-0.15, -0.1) is 11.3 Å². The smallest absolute Gasteiger partial charge is 0.237 e. The van der Waals surface area contributed by atoms with Crippen LogP contribution in [0.25, 0.3) is 10.2 Å². The topological polar surface area (TPSA) is 80.0 Å². The number of aryl methyl sites for hydroxylation is 2. The van der Waals surface area contributed by atoms with E-state index in [-0.39, 0.29) is 11.9 Å². The second-order valence-electron chi connectivity index (χ2n) is 9.30. The van der Waals surface area contributed by atoms with Crippen molar-refractivity contribution in [1.29, 1.82) is 0 Å². The van der Waals surface area contributed by atoms with Gasteiger partial charge in [-0.25, -0.2) is 0 Å². The molecule has 1 amide bonds. The van der Waals surface area contributed by atoms with Gasteiger partial charge in [0.1, 0.15) is 0 Å². The Morgan fingerprint density at radius 3 is 2.97 bits per heavy atom. The lowest BCUT2D eigenvalue weighted by Crippen LogP contribution is -2.45. The number of nitrogens with two attached hydrogens (primary N) is 1. The molecule has 3 aliphatic carbocycles. The number of hydrogen-bond acceptors (Lipinski definition) is 5. The third-order valence-electron chi connectivity index (χ3n) is 6.91. The Bertz CT molecular complexity index is 1190. The van der Waals surface area contributed by atoms with Crippen molar-refractivity contribution >= 4 is 33.1 Å². The minimum atomic E-state index is -0.580. The van der Waals surface area contributed by atoms with Gasteiger partial charge in [-0.05, 0) is 55.2 Å². The molecule has 2 aromatic heterocycles. The third-order valence-corrected chi connectivity index (χ3v) is 8.24. The molecule has 4 atom stereocenters. The zero-order valence-corrected chi connectivity index (χ0v) is 20.1. The minimum absolute atomic E-state index is 0.0247. The summed E-state index contributed by atoms with van der Waals surface area (Å²) in [5.41, 5.74) is 12.2. The van der Waals surface area contributed by atoms with Crippen LogP contribution in [0.2, 0.25) is 0 Å². The van der Waals surface area contributed by atoms with E-state index in [9.17, 15) is 4.79 Å². The van der Waals surface area contributed by atoms with Crippen molar-refractivity contribution in [2.45, 2.75) is 51.6 Å². The van der Waals surface area contributed by atoms with Crippen molar-refractivity contribution in [3.8, 4) is 0 Å². The molecule has 1 saturated carbocycles. The monoisotopic (exact) mass is 460 g/mol. The van der Waals surface area contributed by atoms with Crippen LogP contribution >= 0.6 is 11.3 Å². The van der Waals surface area contributed by atoms with Crippen LogP contribution in [0.4, 0.5) is 5.69 Å². The summed E-state index contributed by atoms with van der Waals surface area (Å²) in [5.74, 6) is 1.37. The average molecular weight is 461 g/mol. The lowest BCUT2D eigenvalue weighted by molar-refractivity contribution is -0.122. The third kappa shape index (κ3) is 4.68. The van der Waals surface area contributed by atoms with Gasteiger partial charge in [0.2, 0.25) is 5.91 Å². The van der Waals surface area contributed by atoms with Crippen LogP contribution in [-0.2, 0) is 17.6 Å². The van der Waals surface area contributed by atoms with E-state index < -0.39 is 6.04 Å². The summed E-state index contributed by atoms with van der Waals surface area (Å²) < 4.78 is 1.16. The molecular weight excluding hydrogens is 428 g/mol. The second kappa shape index (κ2) is 9.27. The van der Waals surface area contributed by atoms with E-state index in [0.717, 1.165) is 63.3 Å². The van der Waals surface area contributed by atoms with Crippen molar-refractivity contribution in [1.82, 2.24) is 10.3 Å². The summed E-state index contributed by atoms with van der Waals surface area (Å²) in [5, 5.41) is 6.75. The molecule has 2 heterocycles. The Labute approximate surface area is 199 Å². The lowest BCUT2D eigenvalue weighted by atomic mass is 10.0. The number of fused-ring (bicyclic) bond motifs is 2. The van der Waals surface area contributed by atoms with Crippen LogP contribution in [0.3, 0.4) is 0 Å². The normalized spacial score (nSPS) is 23.8. The molecule has 1 fully saturated rings. The highest BCUT2D eigenvalue weighted by molar-refractivity contribution is 7.19. The fourth-order valence-electron chi connectivity index (χ4n) is 4.74. The molecular formula is C27H32N4OS. The molecule has 5 nitrogen and oxygen atoms in total. The quantitative estimate of drug-likeness (QED) is 0.539. The molecule has 0 radical (unpaired) electrons. The molecule has 0 aliphatic heterocycles. The number of thiophene rings is 1. The summed E-state index contributed by atoms with van der Waals surface area (Å²) in [7, 11) is 0. The van der Waals surface area contributed by atoms with Crippen LogP contribution in [-0.4, -0.2) is 29.5 Å². The first kappa shape index (κ1) is 22.1. The SMILES string of the molecule is CCc1cc(NCC2=CC=CC3CC23)c2sc(C[C@@H](N)C(=O)NC3C=CC=CC3)c(C)c2n1. The van der Waals surface area contributed by atoms with Crippen molar-refractivity contribution in [3.63, 3.8) is 0 Å². The minimum Gasteiger partial charge on any atom is -0.380 e. The Balaban J connectivity index is 1.34. The van der Waals surface area contributed by atoms with Gasteiger partial charge in [0.15, 0.2) is 0 Å². The highest BCUT2D eigenvalue weighted by Crippen LogP contribution is 2.47. The molecule has 3 aliphatic rings. The van der Waals surface area contributed by atoms with Crippen molar-refractivity contribution in [2.24, 2.45) is 17.6 Å². The summed E-state index contributed by atoms with van der Waals surface area (Å²) in [4.78, 5) is 18.8. The van der Waals surface area contributed by atoms with E-state index in [4.69, 9.17) is 10.7 Å². The Morgan fingerprint density at radius 1 is 1.30 bits per heavy atom. The fraction of sp³-hybridized carbons (Fsp3) is 0.407. The highest BCUT2D eigenvalue weighted by atomic mass is 32.1. The largest absolute Gasteiger partial charge is 0.380 e. The van der Waals surface area contributed by atoms with Crippen LogP contribution in [0.15, 0.2) is 54.2 Å². The molecule has 172 valence electrons. The van der Waals surface area contributed by atoms with E-state index in [2.05, 4.69) is 54.9 Å². The number of pyridine rings is 1. The Morgan fingerprint density at radius 2 is 2.18 bits per heavy atom. The summed E-state index contributed by atoms with van der Waals surface area (Å²) >= 11 is 1.72. The van der Waals surface area contributed by atoms with Gasteiger partial charge in [-0.3, -0.25) is 9.78 Å². The molecule has 33 heavy (non-hydrogen) atoms. The van der Waals surface area contributed by atoms with Crippen molar-refractivity contribution < 1.29 is 4.79 Å². The number of rotatable bonds is 8. The molecule has 3 unspecified atom stereocenters. The van der Waals surface area contributed by atoms with Crippen LogP contribution in [0.5, 0.6) is 0 Å². The van der Waals surface area contributed by atoms with E-state index in [1.165, 1.54) is 12.0 Å². The lowest BCUT2D eigenvalue weighted by Gasteiger charge is -2.18. The first-order valence-electron chi connectivity index (χ1n) is 12.0. The number of carbonyl (C=O) groups excluding carboxylic acids is 1. The van der Waals surface area contributed by atoms with Crippen LogP contribution in [0, 0.1) is 18.8 Å². The standard InChI is InChI=1S/C27H32N4OS/c1-3-19-13-23(29-15-18-9-7-8-17-12-21(17)18)26-25(30-19)16(2)24(33-26)14-22(28)27(32)31-20-10-5-4-6-11-20/h4-10,13,17,20-22H,3,11-12,14-15,28H2,1-2H3,(H,29,30)(H,31,32)/t17?,20?,21?,22-/m1/s1. The molecule has 0 aromatic carbocycles. The number of hydrogen-bond donors (Lipinski definition) is 3. The van der Waals surface area contributed by atoms with Crippen LogP contribution in [0.1, 0.15) is 35.9 Å². The van der Waals surface area contributed by atoms with Crippen molar-refractivity contribution in [3.05, 3.63) is 70.3 Å². The molecule has 2 aromatic rings. The molecule has 5 rings (SSSR count).